The number of halogens is 1. The Morgan fingerprint density at radius 1 is 0.617 bits per heavy atom. The van der Waals surface area contributed by atoms with Gasteiger partial charge in [-0.2, -0.15) is 0 Å². The number of hydrogen-bond donors (Lipinski definition) is 5. The van der Waals surface area contributed by atoms with Crippen LogP contribution in [0, 0.1) is 29.6 Å². The monoisotopic (exact) mass is 928 g/mol. The van der Waals surface area contributed by atoms with Crippen molar-refractivity contribution in [2.75, 3.05) is 51.9 Å². The van der Waals surface area contributed by atoms with Crippen LogP contribution in [0.15, 0.2) is 0 Å². The third-order valence-electron chi connectivity index (χ3n) is 9.86. The lowest BCUT2D eigenvalue weighted by molar-refractivity contribution is -0.0294. The molecule has 0 unspecified atom stereocenters. The number of rotatable bonds is 14. The van der Waals surface area contributed by atoms with E-state index in [-0.39, 0.29) is 32.0 Å². The van der Waals surface area contributed by atoms with E-state index in [9.17, 15) is 14.4 Å². The van der Waals surface area contributed by atoms with Crippen molar-refractivity contribution < 1.29 is 53.8 Å². The third kappa shape index (κ3) is 36.9. The first-order valence-corrected chi connectivity index (χ1v) is 23.4. The molecule has 0 heterocycles. The Kier molecular flexibility index (Phi) is 31.3. The molecule has 0 bridgehead atoms. The maximum absolute atomic E-state index is 11.9. The number of amides is 1. The van der Waals surface area contributed by atoms with Crippen molar-refractivity contribution in [1.82, 2.24) is 9.80 Å². The smallest absolute Gasteiger partial charge is 0.444 e. The Balaban J connectivity index is 0. The first kappa shape index (κ1) is 60.3. The van der Waals surface area contributed by atoms with E-state index in [1.165, 1.54) is 57.8 Å². The summed E-state index contributed by atoms with van der Waals surface area (Å²) in [4.78, 5) is 37.8. The predicted octanol–water partition coefficient (Wildman–Crippen LogP) is 8.52. The van der Waals surface area contributed by atoms with Gasteiger partial charge in [0.2, 0.25) is 0 Å². The van der Waals surface area contributed by atoms with Gasteiger partial charge in [0.1, 0.15) is 16.8 Å². The van der Waals surface area contributed by atoms with E-state index in [1.54, 1.807) is 46.4 Å². The summed E-state index contributed by atoms with van der Waals surface area (Å²) in [7, 11) is 2.08. The highest BCUT2D eigenvalue weighted by Gasteiger charge is 2.36. The van der Waals surface area contributed by atoms with E-state index in [1.807, 2.05) is 27.7 Å². The molecule has 358 valence electrons. The molecular formula is C45H90BrN3O11. The third-order valence-corrected chi connectivity index (χ3v) is 10.2. The number of aliphatic hydroxyl groups excluding tert-OH is 4. The number of carbonyl (C=O) groups is 3. The van der Waals surface area contributed by atoms with Gasteiger partial charge in [0.15, 0.2) is 0 Å². The van der Waals surface area contributed by atoms with Crippen molar-refractivity contribution in [3.63, 3.8) is 0 Å². The second-order valence-electron chi connectivity index (χ2n) is 19.6. The maximum Gasteiger partial charge on any atom is 0.519 e. The Morgan fingerprint density at radius 3 is 1.28 bits per heavy atom. The topological polar surface area (TPSA) is 202 Å². The summed E-state index contributed by atoms with van der Waals surface area (Å²) in [5.74, 6) is 4.26. The van der Waals surface area contributed by atoms with Crippen LogP contribution in [0.3, 0.4) is 0 Å². The molecule has 0 aromatic heterocycles. The van der Waals surface area contributed by atoms with Crippen LogP contribution in [-0.4, -0.2) is 135 Å². The summed E-state index contributed by atoms with van der Waals surface area (Å²) in [6.07, 6.45) is 10.5. The number of alkyl halides is 1. The number of nitrogens with two attached hydrogens (primary N) is 1. The Hall–Kier alpha value is -1.75. The molecule has 0 radical (unpaired) electrons. The highest BCUT2D eigenvalue weighted by Crippen LogP contribution is 2.38. The lowest BCUT2D eigenvalue weighted by Gasteiger charge is -2.31. The minimum absolute atomic E-state index is 0.0176. The van der Waals surface area contributed by atoms with Crippen molar-refractivity contribution in [3.05, 3.63) is 0 Å². The van der Waals surface area contributed by atoms with Crippen molar-refractivity contribution in [1.29, 1.82) is 0 Å². The van der Waals surface area contributed by atoms with Gasteiger partial charge in [0, 0.05) is 43.2 Å². The fourth-order valence-electron chi connectivity index (χ4n) is 5.57. The summed E-state index contributed by atoms with van der Waals surface area (Å²) in [5, 5.41) is 34.7. The SMILES string of the molecule is CC(C)(C)OC(=O)OC(=O)OC(C)(C)C.C[C@@H](C1CC1)N(C)CCO.C[C@@H](C1CC1)N(CCO)C(=O)OC(C)(C)C.C[C@H](CCCO)C1CC1.C[C@H](N)C1CC1.OCCBr. The predicted molar refractivity (Wildman–Crippen MR) is 243 cm³/mol. The molecule has 60 heavy (non-hydrogen) atoms. The molecule has 0 aromatic carbocycles. The second kappa shape index (κ2) is 31.2. The molecule has 0 aromatic rings. The molecule has 4 aliphatic rings. The van der Waals surface area contributed by atoms with Crippen LogP contribution in [0.25, 0.3) is 0 Å². The molecule has 4 fully saturated rings. The quantitative estimate of drug-likeness (QED) is 0.0481. The first-order valence-electron chi connectivity index (χ1n) is 22.2. The summed E-state index contributed by atoms with van der Waals surface area (Å²) in [6.45, 7) is 26.3. The van der Waals surface area contributed by atoms with Crippen LogP contribution in [0.5, 0.6) is 0 Å². The molecular weight excluding hydrogens is 838 g/mol. The van der Waals surface area contributed by atoms with Gasteiger partial charge in [-0.1, -0.05) is 22.9 Å². The van der Waals surface area contributed by atoms with E-state index >= 15 is 0 Å². The second-order valence-corrected chi connectivity index (χ2v) is 20.4. The largest absolute Gasteiger partial charge is 0.519 e. The van der Waals surface area contributed by atoms with Crippen LogP contribution in [0.1, 0.15) is 154 Å². The lowest BCUT2D eigenvalue weighted by atomic mass is 10.0. The highest BCUT2D eigenvalue weighted by atomic mass is 79.9. The molecule has 6 N–H and O–H groups in total. The summed E-state index contributed by atoms with van der Waals surface area (Å²) >= 11 is 3.00. The van der Waals surface area contributed by atoms with Gasteiger partial charge in [-0.05, 0) is 184 Å². The average molecular weight is 929 g/mol. The summed E-state index contributed by atoms with van der Waals surface area (Å²) in [5.41, 5.74) is 3.63. The zero-order chi connectivity index (χ0) is 46.9. The van der Waals surface area contributed by atoms with Gasteiger partial charge in [-0.3, -0.25) is 0 Å². The lowest BCUT2D eigenvalue weighted by Crippen LogP contribution is -2.44. The molecule has 0 spiro atoms. The van der Waals surface area contributed by atoms with E-state index in [0.717, 1.165) is 36.6 Å². The molecule has 0 aliphatic heterocycles. The van der Waals surface area contributed by atoms with E-state index in [2.05, 4.69) is 53.4 Å². The van der Waals surface area contributed by atoms with Gasteiger partial charge in [-0.25, -0.2) is 14.4 Å². The zero-order valence-corrected chi connectivity index (χ0v) is 41.7. The standard InChI is InChI=1S/C12H23NO3.C10H18O5.C8H17NO.C8H16O.C5H11N.C2H5BrO/c1-9(10-5-6-10)13(7-8-14)11(15)16-12(2,3)4;1-9(2,3)14-7(11)13-8(12)15-10(4,5)6;1-7(8-3-4-8)9(2)5-6-10;1-7(3-2-6-9)8-4-5-8;1-4(6)5-2-3-5;3-1-2-4/h9-10,14H,5-8H2,1-4H3;1-6H3;7-8,10H,3-6H2,1-2H3;7-9H,2-6H2,1H3;4-5H,2-3,6H2,1H3;4H,1-2H2/t9-;;2*7-;4-;/m0.010./s1. The van der Waals surface area contributed by atoms with Crippen LogP contribution in [-0.2, 0) is 18.9 Å². The van der Waals surface area contributed by atoms with Gasteiger partial charge in [-0.15, -0.1) is 0 Å². The molecule has 0 saturated heterocycles. The van der Waals surface area contributed by atoms with Gasteiger partial charge < -0.3 is 54.9 Å². The van der Waals surface area contributed by atoms with Crippen molar-refractivity contribution in [2.45, 2.75) is 189 Å². The number of likely N-dealkylation sites (N-methyl/N-ethyl adjacent to an activating group) is 1. The number of carbonyl (C=O) groups excluding carboxylic acids is 3. The van der Waals surface area contributed by atoms with Crippen LogP contribution in [0.4, 0.5) is 14.4 Å². The molecule has 4 atom stereocenters. The van der Waals surface area contributed by atoms with Gasteiger partial charge in [0.25, 0.3) is 0 Å². The van der Waals surface area contributed by atoms with E-state index in [4.69, 9.17) is 40.4 Å². The summed E-state index contributed by atoms with van der Waals surface area (Å²) < 4.78 is 19.1. The number of nitrogens with zero attached hydrogens (tertiary/aromatic N) is 2. The fraction of sp³-hybridized carbons (Fsp3) is 0.933. The van der Waals surface area contributed by atoms with Gasteiger partial charge in [0.05, 0.1) is 19.8 Å². The minimum atomic E-state index is -1.06. The van der Waals surface area contributed by atoms with Gasteiger partial charge >= 0.3 is 18.4 Å². The Labute approximate surface area is 373 Å². The van der Waals surface area contributed by atoms with E-state index in [0.29, 0.717) is 36.5 Å². The molecule has 4 rings (SSSR count). The maximum atomic E-state index is 11.9. The molecule has 15 heteroatoms. The number of aliphatic hydroxyl groups is 4. The Bertz CT molecular complexity index is 1100. The number of ether oxygens (including phenoxy) is 4. The Morgan fingerprint density at radius 2 is 1.00 bits per heavy atom. The molecule has 4 saturated carbocycles. The van der Waals surface area contributed by atoms with E-state index < -0.39 is 29.1 Å². The van der Waals surface area contributed by atoms with Crippen molar-refractivity contribution in [3.8, 4) is 0 Å². The summed E-state index contributed by atoms with van der Waals surface area (Å²) in [6, 6.07) is 1.30. The zero-order valence-electron chi connectivity index (χ0n) is 40.1. The highest BCUT2D eigenvalue weighted by molar-refractivity contribution is 9.09. The van der Waals surface area contributed by atoms with Crippen LogP contribution >= 0.6 is 15.9 Å². The molecule has 1 amide bonds. The van der Waals surface area contributed by atoms with Crippen molar-refractivity contribution in [2.24, 2.45) is 35.3 Å². The normalized spacial score (nSPS) is 17.9. The first-order chi connectivity index (χ1) is 27.7. The van der Waals surface area contributed by atoms with Crippen molar-refractivity contribution >= 4 is 34.3 Å². The van der Waals surface area contributed by atoms with Crippen LogP contribution in [0.2, 0.25) is 0 Å². The number of hydrogen-bond acceptors (Lipinski definition) is 13. The molecule has 4 aliphatic carbocycles. The fourth-order valence-corrected chi connectivity index (χ4v) is 5.57. The van der Waals surface area contributed by atoms with Crippen LogP contribution < -0.4 is 5.73 Å². The molecule has 14 nitrogen and oxygen atoms in total. The average Bonchev–Trinajstić information content (AvgIpc) is 3.94. The minimum Gasteiger partial charge on any atom is -0.444 e.